The highest BCUT2D eigenvalue weighted by atomic mass is 16.5. The lowest BCUT2D eigenvalue weighted by molar-refractivity contribution is 0.0398. The van der Waals surface area contributed by atoms with E-state index in [2.05, 4.69) is 16.6 Å². The van der Waals surface area contributed by atoms with Crippen LogP contribution in [0.1, 0.15) is 18.4 Å². The summed E-state index contributed by atoms with van der Waals surface area (Å²) >= 11 is 0. The molecule has 0 atom stereocenters. The third kappa shape index (κ3) is 1.55. The molecule has 2 rings (SSSR count). The summed E-state index contributed by atoms with van der Waals surface area (Å²) in [4.78, 5) is 0. The molecule has 1 saturated heterocycles. The molecule has 1 aromatic heterocycles. The molecule has 0 aliphatic carbocycles. The SMILES string of the molecule is CNC1(c2cnn(C)c2)CCOCC1. The first-order valence-corrected chi connectivity index (χ1v) is 5.03. The van der Waals surface area contributed by atoms with Crippen molar-refractivity contribution in [1.82, 2.24) is 15.1 Å². The Bertz CT molecular complexity index is 302. The molecule has 0 amide bonds. The van der Waals surface area contributed by atoms with Crippen LogP contribution in [0.3, 0.4) is 0 Å². The zero-order chi connectivity index (χ0) is 10.0. The lowest BCUT2D eigenvalue weighted by Gasteiger charge is -2.36. The normalized spacial score (nSPS) is 21.0. The third-order valence-corrected chi connectivity index (χ3v) is 3.08. The van der Waals surface area contributed by atoms with Gasteiger partial charge in [-0.1, -0.05) is 0 Å². The summed E-state index contributed by atoms with van der Waals surface area (Å²) in [6.07, 6.45) is 6.08. The third-order valence-electron chi connectivity index (χ3n) is 3.08. The first kappa shape index (κ1) is 9.68. The van der Waals surface area contributed by atoms with E-state index in [-0.39, 0.29) is 5.54 Å². The standard InChI is InChI=1S/C10H17N3O/c1-11-10(3-5-14-6-4-10)9-7-12-13(2)8-9/h7-8,11H,3-6H2,1-2H3. The van der Waals surface area contributed by atoms with Crippen LogP contribution in [0.5, 0.6) is 0 Å². The van der Waals surface area contributed by atoms with E-state index in [0.717, 1.165) is 26.1 Å². The van der Waals surface area contributed by atoms with Crippen molar-refractivity contribution in [2.45, 2.75) is 18.4 Å². The Morgan fingerprint density at radius 3 is 2.71 bits per heavy atom. The van der Waals surface area contributed by atoms with Crippen LogP contribution in [0.15, 0.2) is 12.4 Å². The molecule has 14 heavy (non-hydrogen) atoms. The number of rotatable bonds is 2. The molecule has 4 heteroatoms. The molecule has 1 aromatic rings. The summed E-state index contributed by atoms with van der Waals surface area (Å²) in [5.74, 6) is 0. The number of nitrogens with zero attached hydrogens (tertiary/aromatic N) is 2. The van der Waals surface area contributed by atoms with E-state index < -0.39 is 0 Å². The number of aryl methyl sites for hydroxylation is 1. The Morgan fingerprint density at radius 1 is 1.50 bits per heavy atom. The van der Waals surface area contributed by atoms with Crippen molar-refractivity contribution in [3.8, 4) is 0 Å². The predicted molar refractivity (Wildman–Crippen MR) is 54.0 cm³/mol. The molecule has 0 unspecified atom stereocenters. The number of aromatic nitrogens is 2. The molecule has 0 radical (unpaired) electrons. The van der Waals surface area contributed by atoms with Gasteiger partial charge in [-0.25, -0.2) is 0 Å². The molecule has 1 fully saturated rings. The minimum absolute atomic E-state index is 0.0759. The van der Waals surface area contributed by atoms with Crippen molar-refractivity contribution in [3.63, 3.8) is 0 Å². The molecule has 4 nitrogen and oxygen atoms in total. The van der Waals surface area contributed by atoms with Gasteiger partial charge in [-0.05, 0) is 19.9 Å². The Kier molecular flexibility index (Phi) is 2.56. The molecule has 1 N–H and O–H groups in total. The highest BCUT2D eigenvalue weighted by molar-refractivity contribution is 5.18. The number of ether oxygens (including phenoxy) is 1. The predicted octanol–water partition coefficient (Wildman–Crippen LogP) is 0.645. The molecule has 0 spiro atoms. The first-order chi connectivity index (χ1) is 6.77. The van der Waals surface area contributed by atoms with Gasteiger partial charge in [0.2, 0.25) is 0 Å². The van der Waals surface area contributed by atoms with Crippen molar-refractivity contribution in [3.05, 3.63) is 18.0 Å². The number of hydrogen-bond acceptors (Lipinski definition) is 3. The smallest absolute Gasteiger partial charge is 0.0540 e. The summed E-state index contributed by atoms with van der Waals surface area (Å²) in [5, 5.41) is 7.63. The zero-order valence-electron chi connectivity index (χ0n) is 8.79. The maximum Gasteiger partial charge on any atom is 0.0540 e. The van der Waals surface area contributed by atoms with Gasteiger partial charge in [0.05, 0.1) is 11.7 Å². The average molecular weight is 195 g/mol. The lowest BCUT2D eigenvalue weighted by Crippen LogP contribution is -2.44. The van der Waals surface area contributed by atoms with Gasteiger partial charge in [-0.3, -0.25) is 4.68 Å². The maximum atomic E-state index is 5.39. The van der Waals surface area contributed by atoms with E-state index in [1.807, 2.05) is 25.0 Å². The summed E-state index contributed by atoms with van der Waals surface area (Å²) in [6.45, 7) is 1.66. The van der Waals surface area contributed by atoms with Crippen molar-refractivity contribution < 1.29 is 4.74 Å². The van der Waals surface area contributed by atoms with Gasteiger partial charge in [0.25, 0.3) is 0 Å². The minimum atomic E-state index is 0.0759. The Labute approximate surface area is 84.3 Å². The second-order valence-corrected chi connectivity index (χ2v) is 3.85. The second kappa shape index (κ2) is 3.71. The van der Waals surface area contributed by atoms with Crippen LogP contribution >= 0.6 is 0 Å². The van der Waals surface area contributed by atoms with E-state index in [9.17, 15) is 0 Å². The van der Waals surface area contributed by atoms with Gasteiger partial charge >= 0.3 is 0 Å². The van der Waals surface area contributed by atoms with Gasteiger partial charge in [0.15, 0.2) is 0 Å². The van der Waals surface area contributed by atoms with Crippen molar-refractivity contribution in [2.75, 3.05) is 20.3 Å². The van der Waals surface area contributed by atoms with Gasteiger partial charge < -0.3 is 10.1 Å². The summed E-state index contributed by atoms with van der Waals surface area (Å²) in [5.41, 5.74) is 1.35. The van der Waals surface area contributed by atoms with Crippen LogP contribution < -0.4 is 5.32 Å². The zero-order valence-corrected chi connectivity index (χ0v) is 8.79. The van der Waals surface area contributed by atoms with E-state index >= 15 is 0 Å². The number of hydrogen-bond donors (Lipinski definition) is 1. The molecule has 0 bridgehead atoms. The van der Waals surface area contributed by atoms with Gasteiger partial charge in [-0.15, -0.1) is 0 Å². The minimum Gasteiger partial charge on any atom is -0.381 e. The molecule has 0 saturated carbocycles. The van der Waals surface area contributed by atoms with Crippen LogP contribution in [0.4, 0.5) is 0 Å². The van der Waals surface area contributed by atoms with Gasteiger partial charge in [0, 0.05) is 32.0 Å². The highest BCUT2D eigenvalue weighted by Crippen LogP contribution is 2.30. The van der Waals surface area contributed by atoms with Crippen LogP contribution in [0.2, 0.25) is 0 Å². The molecule has 1 aliphatic rings. The van der Waals surface area contributed by atoms with E-state index in [0.29, 0.717) is 0 Å². The maximum absolute atomic E-state index is 5.39. The fourth-order valence-corrected chi connectivity index (χ4v) is 2.07. The molecule has 2 heterocycles. The lowest BCUT2D eigenvalue weighted by atomic mass is 9.85. The summed E-state index contributed by atoms with van der Waals surface area (Å²) in [7, 11) is 3.96. The fraction of sp³-hybridized carbons (Fsp3) is 0.700. The van der Waals surface area contributed by atoms with Crippen LogP contribution in [-0.2, 0) is 17.3 Å². The van der Waals surface area contributed by atoms with Crippen molar-refractivity contribution >= 4 is 0 Å². The van der Waals surface area contributed by atoms with Gasteiger partial charge in [0.1, 0.15) is 0 Å². The molecule has 78 valence electrons. The Morgan fingerprint density at radius 2 is 2.21 bits per heavy atom. The Balaban J connectivity index is 2.26. The second-order valence-electron chi connectivity index (χ2n) is 3.85. The van der Waals surface area contributed by atoms with Gasteiger partial charge in [-0.2, -0.15) is 5.10 Å². The molecule has 1 aliphatic heterocycles. The number of nitrogens with one attached hydrogen (secondary N) is 1. The largest absolute Gasteiger partial charge is 0.381 e. The van der Waals surface area contributed by atoms with E-state index in [4.69, 9.17) is 4.74 Å². The topological polar surface area (TPSA) is 39.1 Å². The molecule has 0 aromatic carbocycles. The summed E-state index contributed by atoms with van der Waals surface area (Å²) < 4.78 is 7.24. The quantitative estimate of drug-likeness (QED) is 0.753. The van der Waals surface area contributed by atoms with Crippen LogP contribution in [0, 0.1) is 0 Å². The first-order valence-electron chi connectivity index (χ1n) is 5.03. The summed E-state index contributed by atoms with van der Waals surface area (Å²) in [6, 6.07) is 0. The van der Waals surface area contributed by atoms with Crippen molar-refractivity contribution in [2.24, 2.45) is 7.05 Å². The van der Waals surface area contributed by atoms with E-state index in [1.54, 1.807) is 0 Å². The Hall–Kier alpha value is -0.870. The van der Waals surface area contributed by atoms with Crippen molar-refractivity contribution in [1.29, 1.82) is 0 Å². The van der Waals surface area contributed by atoms with Crippen LogP contribution in [-0.4, -0.2) is 30.0 Å². The molecular formula is C10H17N3O. The molecular weight excluding hydrogens is 178 g/mol. The fourth-order valence-electron chi connectivity index (χ4n) is 2.07. The van der Waals surface area contributed by atoms with E-state index in [1.165, 1.54) is 5.56 Å². The highest BCUT2D eigenvalue weighted by Gasteiger charge is 2.33. The monoisotopic (exact) mass is 195 g/mol. The average Bonchev–Trinajstić information content (AvgIpc) is 2.66. The van der Waals surface area contributed by atoms with Crippen LogP contribution in [0.25, 0.3) is 0 Å².